The van der Waals surface area contributed by atoms with Gasteiger partial charge in [-0.05, 0) is 49.2 Å². The Kier molecular flexibility index (Phi) is 4.55. The van der Waals surface area contributed by atoms with Crippen molar-refractivity contribution < 1.29 is 13.6 Å². The fourth-order valence-electron chi connectivity index (χ4n) is 1.75. The molecule has 0 fully saturated rings. The summed E-state index contributed by atoms with van der Waals surface area (Å²) in [4.78, 5) is 12.9. The maximum absolute atomic E-state index is 13.5. The maximum atomic E-state index is 13.5. The molecule has 104 valence electrons. The lowest BCUT2D eigenvalue weighted by Crippen LogP contribution is -2.05. The third-order valence-corrected chi connectivity index (χ3v) is 4.07. The molecule has 0 radical (unpaired) electrons. The van der Waals surface area contributed by atoms with Crippen molar-refractivity contribution >= 4 is 17.5 Å². The third-order valence-electron chi connectivity index (χ3n) is 3.08. The maximum Gasteiger partial charge on any atom is 0.176 e. The van der Waals surface area contributed by atoms with E-state index in [4.69, 9.17) is 0 Å². The monoisotopic (exact) mass is 292 g/mol. The number of hydrogen-bond acceptors (Lipinski definition) is 2. The fraction of sp³-hybridized carbons (Fsp3) is 0.188. The zero-order valence-electron chi connectivity index (χ0n) is 11.2. The summed E-state index contributed by atoms with van der Waals surface area (Å²) in [5.74, 6) is -1.70. The summed E-state index contributed by atoms with van der Waals surface area (Å²) in [7, 11) is 0. The zero-order chi connectivity index (χ0) is 14.7. The van der Waals surface area contributed by atoms with Crippen LogP contribution in [0.2, 0.25) is 0 Å². The molecule has 4 heteroatoms. The van der Waals surface area contributed by atoms with Crippen LogP contribution < -0.4 is 0 Å². The van der Waals surface area contributed by atoms with Gasteiger partial charge >= 0.3 is 0 Å². The summed E-state index contributed by atoms with van der Waals surface area (Å²) >= 11 is 1.35. The molecule has 0 spiro atoms. The van der Waals surface area contributed by atoms with Gasteiger partial charge in [-0.2, -0.15) is 0 Å². The molecule has 20 heavy (non-hydrogen) atoms. The van der Waals surface area contributed by atoms with E-state index >= 15 is 0 Å². The number of Topliss-reactive ketones (excluding diaryl/α,β-unsaturated/α-hetero) is 1. The van der Waals surface area contributed by atoms with Crippen molar-refractivity contribution in [3.63, 3.8) is 0 Å². The number of hydrogen-bond donors (Lipinski definition) is 0. The van der Waals surface area contributed by atoms with Crippen molar-refractivity contribution in [1.29, 1.82) is 0 Å². The SMILES string of the molecule is Cc1ccc(SCC(=O)c2ccc(F)cc2F)cc1C. The van der Waals surface area contributed by atoms with Gasteiger partial charge in [-0.15, -0.1) is 11.8 Å². The van der Waals surface area contributed by atoms with Crippen molar-refractivity contribution in [3.8, 4) is 0 Å². The Labute approximate surface area is 121 Å². The van der Waals surface area contributed by atoms with E-state index in [0.29, 0.717) is 0 Å². The quantitative estimate of drug-likeness (QED) is 0.607. The summed E-state index contributed by atoms with van der Waals surface area (Å²) < 4.78 is 26.3. The lowest BCUT2D eigenvalue weighted by molar-refractivity contribution is 0.101. The molecule has 2 aromatic carbocycles. The predicted molar refractivity (Wildman–Crippen MR) is 77.3 cm³/mol. The minimum Gasteiger partial charge on any atom is -0.293 e. The Hall–Kier alpha value is -1.68. The van der Waals surface area contributed by atoms with Crippen LogP contribution in [0.25, 0.3) is 0 Å². The van der Waals surface area contributed by atoms with E-state index < -0.39 is 11.6 Å². The van der Waals surface area contributed by atoms with E-state index in [1.807, 2.05) is 32.0 Å². The van der Waals surface area contributed by atoms with Crippen LogP contribution in [0.5, 0.6) is 0 Å². The van der Waals surface area contributed by atoms with Gasteiger partial charge in [0.05, 0.1) is 11.3 Å². The Balaban J connectivity index is 2.06. The molecule has 2 aromatic rings. The van der Waals surface area contributed by atoms with Gasteiger partial charge in [0.15, 0.2) is 5.78 Å². The minimum absolute atomic E-state index is 0.0669. The first-order valence-corrected chi connectivity index (χ1v) is 7.14. The van der Waals surface area contributed by atoms with Gasteiger partial charge in [-0.1, -0.05) is 6.07 Å². The Morgan fingerprint density at radius 1 is 1.05 bits per heavy atom. The molecule has 1 nitrogen and oxygen atoms in total. The molecule has 0 saturated carbocycles. The number of benzene rings is 2. The van der Waals surface area contributed by atoms with Gasteiger partial charge in [0.25, 0.3) is 0 Å². The molecule has 0 aliphatic carbocycles. The van der Waals surface area contributed by atoms with E-state index in [-0.39, 0.29) is 17.1 Å². The minimum atomic E-state index is -0.810. The number of halogens is 2. The number of aryl methyl sites for hydroxylation is 2. The zero-order valence-corrected chi connectivity index (χ0v) is 12.1. The van der Waals surface area contributed by atoms with Gasteiger partial charge in [0.1, 0.15) is 11.6 Å². The second-order valence-corrected chi connectivity index (χ2v) is 5.63. The number of carbonyl (C=O) groups is 1. The highest BCUT2D eigenvalue weighted by molar-refractivity contribution is 8.00. The standard InChI is InChI=1S/C16H14F2OS/c1-10-3-5-13(7-11(10)2)20-9-16(19)14-6-4-12(17)8-15(14)18/h3-8H,9H2,1-2H3. The van der Waals surface area contributed by atoms with Crippen LogP contribution in [0.15, 0.2) is 41.3 Å². The van der Waals surface area contributed by atoms with Gasteiger partial charge < -0.3 is 0 Å². The number of rotatable bonds is 4. The first-order valence-electron chi connectivity index (χ1n) is 6.15. The lowest BCUT2D eigenvalue weighted by Gasteiger charge is -2.05. The second kappa shape index (κ2) is 6.18. The van der Waals surface area contributed by atoms with E-state index in [9.17, 15) is 13.6 Å². The smallest absolute Gasteiger partial charge is 0.176 e. The van der Waals surface area contributed by atoms with Crippen molar-refractivity contribution in [1.82, 2.24) is 0 Å². The highest BCUT2D eigenvalue weighted by Crippen LogP contribution is 2.22. The van der Waals surface area contributed by atoms with Crippen LogP contribution in [0.1, 0.15) is 21.5 Å². The molecule has 2 rings (SSSR count). The molecule has 0 amide bonds. The number of ketones is 1. The highest BCUT2D eigenvalue weighted by Gasteiger charge is 2.13. The Morgan fingerprint density at radius 3 is 2.45 bits per heavy atom. The van der Waals surface area contributed by atoms with Gasteiger partial charge in [-0.3, -0.25) is 4.79 Å². The van der Waals surface area contributed by atoms with E-state index in [1.54, 1.807) is 0 Å². The van der Waals surface area contributed by atoms with Crippen molar-refractivity contribution in [2.45, 2.75) is 18.7 Å². The van der Waals surface area contributed by atoms with E-state index in [0.717, 1.165) is 22.6 Å². The van der Waals surface area contributed by atoms with E-state index in [2.05, 4.69) is 0 Å². The first kappa shape index (κ1) is 14.7. The Morgan fingerprint density at radius 2 is 1.80 bits per heavy atom. The van der Waals surface area contributed by atoms with Crippen LogP contribution in [0.3, 0.4) is 0 Å². The van der Waals surface area contributed by atoms with Gasteiger partial charge in [0.2, 0.25) is 0 Å². The summed E-state index contributed by atoms with van der Waals surface area (Å²) in [5.41, 5.74) is 2.27. The van der Waals surface area contributed by atoms with Crippen LogP contribution in [-0.2, 0) is 0 Å². The average molecular weight is 292 g/mol. The molecule has 0 N–H and O–H groups in total. The van der Waals surface area contributed by atoms with Crippen LogP contribution in [0, 0.1) is 25.5 Å². The molecule has 0 bridgehead atoms. The topological polar surface area (TPSA) is 17.1 Å². The predicted octanol–water partition coefficient (Wildman–Crippen LogP) is 4.56. The average Bonchev–Trinajstić information content (AvgIpc) is 2.40. The summed E-state index contributed by atoms with van der Waals surface area (Å²) in [6, 6.07) is 8.93. The van der Waals surface area contributed by atoms with Crippen molar-refractivity contribution in [2.24, 2.45) is 0 Å². The van der Waals surface area contributed by atoms with Crippen LogP contribution in [0.4, 0.5) is 8.78 Å². The summed E-state index contributed by atoms with van der Waals surface area (Å²) in [6.07, 6.45) is 0. The molecule has 0 aliphatic rings. The molecule has 0 atom stereocenters. The molecular formula is C16H14F2OS. The van der Waals surface area contributed by atoms with Crippen LogP contribution >= 0.6 is 11.8 Å². The molecular weight excluding hydrogens is 278 g/mol. The van der Waals surface area contributed by atoms with Crippen molar-refractivity contribution in [3.05, 3.63) is 64.7 Å². The van der Waals surface area contributed by atoms with Crippen LogP contribution in [-0.4, -0.2) is 11.5 Å². The Bertz CT molecular complexity index is 653. The summed E-state index contributed by atoms with van der Waals surface area (Å²) in [6.45, 7) is 4.02. The third kappa shape index (κ3) is 3.45. The lowest BCUT2D eigenvalue weighted by atomic mass is 10.1. The summed E-state index contributed by atoms with van der Waals surface area (Å²) in [5, 5.41) is 0. The first-order chi connectivity index (χ1) is 9.47. The molecule has 0 aromatic heterocycles. The van der Waals surface area contributed by atoms with Crippen molar-refractivity contribution in [2.75, 3.05) is 5.75 Å². The second-order valence-electron chi connectivity index (χ2n) is 4.58. The fourth-order valence-corrected chi connectivity index (χ4v) is 2.62. The largest absolute Gasteiger partial charge is 0.293 e. The van der Waals surface area contributed by atoms with Gasteiger partial charge in [0, 0.05) is 11.0 Å². The number of thioether (sulfide) groups is 1. The molecule has 0 unspecified atom stereocenters. The molecule has 0 saturated heterocycles. The highest BCUT2D eigenvalue weighted by atomic mass is 32.2. The molecule has 0 heterocycles. The van der Waals surface area contributed by atoms with E-state index in [1.165, 1.54) is 23.4 Å². The normalized spacial score (nSPS) is 10.6. The van der Waals surface area contributed by atoms with Gasteiger partial charge in [-0.25, -0.2) is 8.78 Å². The molecule has 0 aliphatic heterocycles. The number of carbonyl (C=O) groups excluding carboxylic acids is 1.